The lowest BCUT2D eigenvalue weighted by atomic mass is 9.95. The van der Waals surface area contributed by atoms with Crippen molar-refractivity contribution >= 4 is 11.6 Å². The van der Waals surface area contributed by atoms with Crippen LogP contribution in [0.3, 0.4) is 0 Å². The lowest BCUT2D eigenvalue weighted by Gasteiger charge is -2.23. The molecule has 140 valence electrons. The summed E-state index contributed by atoms with van der Waals surface area (Å²) in [5.74, 6) is 1.54. The molecule has 1 aromatic heterocycles. The minimum atomic E-state index is 0.434. The number of nitrogens with zero attached hydrogens (tertiary/aromatic N) is 1. The number of ether oxygens (including phenoxy) is 2. The van der Waals surface area contributed by atoms with Crippen LogP contribution in [0.15, 0.2) is 36.5 Å². The van der Waals surface area contributed by atoms with Crippen molar-refractivity contribution in [1.82, 2.24) is 10.3 Å². The maximum atomic E-state index is 5.94. The van der Waals surface area contributed by atoms with E-state index in [1.807, 2.05) is 19.1 Å². The highest BCUT2D eigenvalue weighted by molar-refractivity contribution is 6.29. The highest BCUT2D eigenvalue weighted by Gasteiger charge is 2.13. The van der Waals surface area contributed by atoms with Crippen LogP contribution in [0.25, 0.3) is 0 Å². The van der Waals surface area contributed by atoms with Crippen molar-refractivity contribution in [1.29, 1.82) is 0 Å². The van der Waals surface area contributed by atoms with Crippen LogP contribution in [0, 0.1) is 0 Å². The van der Waals surface area contributed by atoms with E-state index in [0.717, 1.165) is 23.6 Å². The number of rotatable bonds is 8. The number of hydrogen-bond donors (Lipinski definition) is 1. The van der Waals surface area contributed by atoms with Gasteiger partial charge in [-0.2, -0.15) is 0 Å². The number of halogens is 1. The Morgan fingerprint density at radius 3 is 2.58 bits per heavy atom. The van der Waals surface area contributed by atoms with Crippen LogP contribution in [-0.4, -0.2) is 17.6 Å². The van der Waals surface area contributed by atoms with Crippen molar-refractivity contribution in [3.8, 4) is 11.5 Å². The highest BCUT2D eigenvalue weighted by atomic mass is 35.5. The van der Waals surface area contributed by atoms with E-state index in [0.29, 0.717) is 24.4 Å². The summed E-state index contributed by atoms with van der Waals surface area (Å²) < 4.78 is 11.7. The summed E-state index contributed by atoms with van der Waals surface area (Å²) in [4.78, 5) is 4.08. The summed E-state index contributed by atoms with van der Waals surface area (Å²) in [6.45, 7) is 3.90. The molecule has 0 spiro atoms. The van der Waals surface area contributed by atoms with Gasteiger partial charge in [-0.05, 0) is 43.5 Å². The van der Waals surface area contributed by atoms with E-state index in [-0.39, 0.29) is 0 Å². The van der Waals surface area contributed by atoms with Crippen molar-refractivity contribution in [2.75, 3.05) is 6.61 Å². The van der Waals surface area contributed by atoms with E-state index < -0.39 is 0 Å². The Labute approximate surface area is 160 Å². The van der Waals surface area contributed by atoms with Crippen LogP contribution >= 0.6 is 11.6 Å². The molecule has 5 heteroatoms. The molecule has 1 saturated carbocycles. The number of aromatic nitrogens is 1. The highest BCUT2D eigenvalue weighted by Crippen LogP contribution is 2.29. The summed E-state index contributed by atoms with van der Waals surface area (Å²) in [6, 6.07) is 10.5. The molecule has 4 nitrogen and oxygen atoms in total. The van der Waals surface area contributed by atoms with Gasteiger partial charge >= 0.3 is 0 Å². The van der Waals surface area contributed by atoms with Crippen molar-refractivity contribution in [3.63, 3.8) is 0 Å². The topological polar surface area (TPSA) is 43.4 Å². The second-order valence-electron chi connectivity index (χ2n) is 6.71. The first kappa shape index (κ1) is 19.0. The van der Waals surface area contributed by atoms with Gasteiger partial charge in [-0.15, -0.1) is 0 Å². The van der Waals surface area contributed by atoms with Crippen LogP contribution in [-0.2, 0) is 13.2 Å². The fourth-order valence-corrected chi connectivity index (χ4v) is 3.38. The summed E-state index contributed by atoms with van der Waals surface area (Å²) in [6.07, 6.45) is 8.36. The quantitative estimate of drug-likeness (QED) is 0.650. The minimum Gasteiger partial charge on any atom is -0.490 e. The fraction of sp³-hybridized carbons (Fsp3) is 0.476. The first-order valence-corrected chi connectivity index (χ1v) is 9.84. The normalized spacial score (nSPS) is 15.0. The van der Waals surface area contributed by atoms with Crippen LogP contribution in [0.2, 0.25) is 5.15 Å². The standard InChI is InChI=1S/C21H27ClN2O2/c1-2-25-20-12-16(13-23-18-6-4-3-5-7-18)8-10-19(20)26-15-17-9-11-21(22)24-14-17/h8-12,14,18,23H,2-7,13,15H2,1H3. The summed E-state index contributed by atoms with van der Waals surface area (Å²) in [5.41, 5.74) is 2.19. The number of hydrogen-bond acceptors (Lipinski definition) is 4. The van der Waals surface area contributed by atoms with Gasteiger partial charge < -0.3 is 14.8 Å². The summed E-state index contributed by atoms with van der Waals surface area (Å²) in [7, 11) is 0. The average molecular weight is 375 g/mol. The predicted molar refractivity (Wildman–Crippen MR) is 105 cm³/mol. The fourth-order valence-electron chi connectivity index (χ4n) is 3.27. The Kier molecular flexibility index (Phi) is 7.15. The second-order valence-corrected chi connectivity index (χ2v) is 7.10. The van der Waals surface area contributed by atoms with Crippen molar-refractivity contribution < 1.29 is 9.47 Å². The van der Waals surface area contributed by atoms with Crippen LogP contribution < -0.4 is 14.8 Å². The molecule has 1 heterocycles. The molecule has 2 aromatic rings. The van der Waals surface area contributed by atoms with Gasteiger partial charge in [0.05, 0.1) is 6.61 Å². The first-order chi connectivity index (χ1) is 12.7. The molecular formula is C21H27ClN2O2. The predicted octanol–water partition coefficient (Wildman–Crippen LogP) is 5.14. The van der Waals surface area contributed by atoms with Gasteiger partial charge in [-0.1, -0.05) is 43.0 Å². The van der Waals surface area contributed by atoms with E-state index in [1.165, 1.54) is 37.7 Å². The van der Waals surface area contributed by atoms with Gasteiger partial charge in [0.2, 0.25) is 0 Å². The molecule has 1 aliphatic carbocycles. The third-order valence-corrected chi connectivity index (χ3v) is 4.91. The molecule has 0 saturated heterocycles. The Balaban J connectivity index is 1.60. The van der Waals surface area contributed by atoms with Crippen molar-refractivity contribution in [2.24, 2.45) is 0 Å². The molecule has 1 N–H and O–H groups in total. The molecule has 1 aromatic carbocycles. The van der Waals surface area contributed by atoms with E-state index in [9.17, 15) is 0 Å². The van der Waals surface area contributed by atoms with E-state index in [1.54, 1.807) is 12.3 Å². The maximum absolute atomic E-state index is 5.94. The van der Waals surface area contributed by atoms with Crippen LogP contribution in [0.1, 0.15) is 50.2 Å². The van der Waals surface area contributed by atoms with Gasteiger partial charge in [0.25, 0.3) is 0 Å². The lowest BCUT2D eigenvalue weighted by molar-refractivity contribution is 0.268. The Bertz CT molecular complexity index is 685. The molecule has 3 rings (SSSR count). The van der Waals surface area contributed by atoms with Gasteiger partial charge in [0.1, 0.15) is 11.8 Å². The first-order valence-electron chi connectivity index (χ1n) is 9.47. The van der Waals surface area contributed by atoms with Crippen molar-refractivity contribution in [3.05, 3.63) is 52.8 Å². The molecule has 0 bridgehead atoms. The van der Waals surface area contributed by atoms with E-state index >= 15 is 0 Å². The van der Waals surface area contributed by atoms with Gasteiger partial charge in [0.15, 0.2) is 11.5 Å². The monoisotopic (exact) mass is 374 g/mol. The van der Waals surface area contributed by atoms with Crippen molar-refractivity contribution in [2.45, 2.75) is 58.2 Å². The molecule has 0 unspecified atom stereocenters. The van der Waals surface area contributed by atoms with Gasteiger partial charge in [0, 0.05) is 24.3 Å². The molecular weight excluding hydrogens is 348 g/mol. The molecule has 0 amide bonds. The zero-order valence-electron chi connectivity index (χ0n) is 15.3. The number of nitrogens with one attached hydrogen (secondary N) is 1. The number of benzene rings is 1. The van der Waals surface area contributed by atoms with Crippen LogP contribution in [0.5, 0.6) is 11.5 Å². The smallest absolute Gasteiger partial charge is 0.161 e. The Hall–Kier alpha value is -1.78. The Morgan fingerprint density at radius 2 is 1.85 bits per heavy atom. The van der Waals surface area contributed by atoms with E-state index in [4.69, 9.17) is 21.1 Å². The third kappa shape index (κ3) is 5.61. The van der Waals surface area contributed by atoms with E-state index in [2.05, 4.69) is 22.4 Å². The Morgan fingerprint density at radius 1 is 1.04 bits per heavy atom. The summed E-state index contributed by atoms with van der Waals surface area (Å²) >= 11 is 5.82. The third-order valence-electron chi connectivity index (χ3n) is 4.69. The average Bonchev–Trinajstić information content (AvgIpc) is 2.68. The zero-order chi connectivity index (χ0) is 18.2. The molecule has 0 radical (unpaired) electrons. The van der Waals surface area contributed by atoms with Gasteiger partial charge in [-0.3, -0.25) is 0 Å². The molecule has 1 aliphatic rings. The van der Waals surface area contributed by atoms with Crippen LogP contribution in [0.4, 0.5) is 0 Å². The SMILES string of the molecule is CCOc1cc(CNC2CCCCC2)ccc1OCc1ccc(Cl)nc1. The maximum Gasteiger partial charge on any atom is 0.161 e. The molecule has 0 aliphatic heterocycles. The lowest BCUT2D eigenvalue weighted by Crippen LogP contribution is -2.30. The molecule has 0 atom stereocenters. The van der Waals surface area contributed by atoms with Gasteiger partial charge in [-0.25, -0.2) is 4.98 Å². The number of pyridine rings is 1. The minimum absolute atomic E-state index is 0.434. The molecule has 1 fully saturated rings. The largest absolute Gasteiger partial charge is 0.490 e. The second kappa shape index (κ2) is 9.79. The zero-order valence-corrected chi connectivity index (χ0v) is 16.1. The summed E-state index contributed by atoms with van der Waals surface area (Å²) in [5, 5.41) is 4.16. The molecule has 26 heavy (non-hydrogen) atoms.